The van der Waals surface area contributed by atoms with Crippen molar-refractivity contribution >= 4 is 5.78 Å². The molecule has 0 aliphatic rings. The molecule has 0 saturated carbocycles. The summed E-state index contributed by atoms with van der Waals surface area (Å²) in [6, 6.07) is 10.5. The minimum absolute atomic E-state index is 0.0870. The Hall–Kier alpha value is -2.03. The number of carbonyl (C=O) groups is 1. The topological polar surface area (TPSA) is 39.4 Å². The summed E-state index contributed by atoms with van der Waals surface area (Å²) in [6.45, 7) is 3.89. The highest BCUT2D eigenvalue weighted by Gasteiger charge is 2.12. The fraction of sp³-hybridized carbons (Fsp3) is 0.214. The highest BCUT2D eigenvalue weighted by molar-refractivity contribution is 6.07. The van der Waals surface area contributed by atoms with Crippen molar-refractivity contribution in [2.24, 2.45) is 0 Å². The molecule has 1 heterocycles. The number of hydrogen-bond donors (Lipinski definition) is 0. The maximum absolute atomic E-state index is 12.0. The molecule has 3 heteroatoms. The number of ketones is 1. The third-order valence-corrected chi connectivity index (χ3v) is 2.21. The van der Waals surface area contributed by atoms with E-state index in [4.69, 9.17) is 9.15 Å². The first-order valence-corrected chi connectivity index (χ1v) is 5.52. The van der Waals surface area contributed by atoms with Crippen LogP contribution in [0.25, 0.3) is 0 Å². The summed E-state index contributed by atoms with van der Waals surface area (Å²) in [5, 5.41) is 0. The summed E-state index contributed by atoms with van der Waals surface area (Å²) < 4.78 is 10.6. The van der Waals surface area contributed by atoms with Crippen LogP contribution in [0.3, 0.4) is 0 Å². The number of hydrogen-bond acceptors (Lipinski definition) is 3. The molecule has 0 bridgehead atoms. The van der Waals surface area contributed by atoms with Gasteiger partial charge in [-0.3, -0.25) is 4.79 Å². The molecule has 0 atom stereocenters. The lowest BCUT2D eigenvalue weighted by Crippen LogP contribution is -2.06. The van der Waals surface area contributed by atoms with Gasteiger partial charge in [0.05, 0.1) is 12.4 Å². The summed E-state index contributed by atoms with van der Waals surface area (Å²) in [4.78, 5) is 12.0. The minimum Gasteiger partial charge on any atom is -0.491 e. The van der Waals surface area contributed by atoms with Gasteiger partial charge in [0.2, 0.25) is 5.78 Å². The van der Waals surface area contributed by atoms with E-state index in [1.807, 2.05) is 19.9 Å². The van der Waals surface area contributed by atoms with Crippen molar-refractivity contribution in [1.29, 1.82) is 0 Å². The summed E-state index contributed by atoms with van der Waals surface area (Å²) in [5.74, 6) is 0.897. The van der Waals surface area contributed by atoms with E-state index in [2.05, 4.69) is 0 Å². The van der Waals surface area contributed by atoms with Crippen molar-refractivity contribution in [1.82, 2.24) is 0 Å². The van der Waals surface area contributed by atoms with Crippen LogP contribution in [0.15, 0.2) is 47.1 Å². The zero-order chi connectivity index (χ0) is 12.3. The van der Waals surface area contributed by atoms with Gasteiger partial charge in [-0.2, -0.15) is 0 Å². The lowest BCUT2D eigenvalue weighted by Gasteiger charge is -2.10. The average molecular weight is 230 g/mol. The number of carbonyl (C=O) groups excluding carboxylic acids is 1. The SMILES string of the molecule is CC(C)Oc1cccc(C(=O)c2ccco2)c1. The summed E-state index contributed by atoms with van der Waals surface area (Å²) in [5.41, 5.74) is 0.568. The molecule has 0 aliphatic carbocycles. The summed E-state index contributed by atoms with van der Waals surface area (Å²) in [6.07, 6.45) is 1.57. The fourth-order valence-corrected chi connectivity index (χ4v) is 1.53. The molecule has 0 fully saturated rings. The Kier molecular flexibility index (Phi) is 3.28. The van der Waals surface area contributed by atoms with Crippen molar-refractivity contribution in [2.45, 2.75) is 20.0 Å². The van der Waals surface area contributed by atoms with Gasteiger partial charge < -0.3 is 9.15 Å². The van der Waals surface area contributed by atoms with E-state index < -0.39 is 0 Å². The largest absolute Gasteiger partial charge is 0.491 e. The van der Waals surface area contributed by atoms with E-state index in [-0.39, 0.29) is 11.9 Å². The highest BCUT2D eigenvalue weighted by Crippen LogP contribution is 2.18. The normalized spacial score (nSPS) is 10.5. The molecule has 0 aliphatic heterocycles. The third kappa shape index (κ3) is 2.75. The monoisotopic (exact) mass is 230 g/mol. The van der Waals surface area contributed by atoms with Crippen molar-refractivity contribution in [3.05, 3.63) is 54.0 Å². The standard InChI is InChI=1S/C14H14O3/c1-10(2)17-12-6-3-5-11(9-12)14(15)13-7-4-8-16-13/h3-10H,1-2H3. The lowest BCUT2D eigenvalue weighted by molar-refractivity contribution is 0.101. The van der Waals surface area contributed by atoms with Crippen LogP contribution in [-0.4, -0.2) is 11.9 Å². The van der Waals surface area contributed by atoms with E-state index in [1.165, 1.54) is 6.26 Å². The van der Waals surface area contributed by atoms with Crippen LogP contribution in [-0.2, 0) is 0 Å². The number of ether oxygens (including phenoxy) is 1. The highest BCUT2D eigenvalue weighted by atomic mass is 16.5. The van der Waals surface area contributed by atoms with Gasteiger partial charge in [-0.1, -0.05) is 12.1 Å². The number of benzene rings is 1. The molecule has 0 unspecified atom stereocenters. The first-order chi connectivity index (χ1) is 8.16. The van der Waals surface area contributed by atoms with Gasteiger partial charge in [0.15, 0.2) is 5.76 Å². The van der Waals surface area contributed by atoms with Crippen LogP contribution in [0.1, 0.15) is 30.0 Å². The lowest BCUT2D eigenvalue weighted by atomic mass is 10.1. The van der Waals surface area contributed by atoms with E-state index in [9.17, 15) is 4.79 Å². The molecule has 2 rings (SSSR count). The van der Waals surface area contributed by atoms with Gasteiger partial charge in [-0.25, -0.2) is 0 Å². The maximum Gasteiger partial charge on any atom is 0.228 e. The van der Waals surface area contributed by atoms with Crippen LogP contribution >= 0.6 is 0 Å². The van der Waals surface area contributed by atoms with Gasteiger partial charge in [-0.05, 0) is 38.1 Å². The second kappa shape index (κ2) is 4.87. The smallest absolute Gasteiger partial charge is 0.228 e. The predicted octanol–water partition coefficient (Wildman–Crippen LogP) is 3.30. The van der Waals surface area contributed by atoms with Gasteiger partial charge >= 0.3 is 0 Å². The van der Waals surface area contributed by atoms with Gasteiger partial charge in [0, 0.05) is 5.56 Å². The first kappa shape index (κ1) is 11.5. The van der Waals surface area contributed by atoms with Crippen LogP contribution in [0, 0.1) is 0 Å². The van der Waals surface area contributed by atoms with E-state index >= 15 is 0 Å². The number of rotatable bonds is 4. The Morgan fingerprint density at radius 2 is 2.06 bits per heavy atom. The van der Waals surface area contributed by atoms with Gasteiger partial charge in [0.25, 0.3) is 0 Å². The van der Waals surface area contributed by atoms with Gasteiger partial charge in [0.1, 0.15) is 5.75 Å². The third-order valence-electron chi connectivity index (χ3n) is 2.21. The molecular weight excluding hydrogens is 216 g/mol. The zero-order valence-corrected chi connectivity index (χ0v) is 9.84. The fourth-order valence-electron chi connectivity index (χ4n) is 1.53. The molecule has 0 N–H and O–H groups in total. The van der Waals surface area contributed by atoms with Gasteiger partial charge in [-0.15, -0.1) is 0 Å². The second-order valence-corrected chi connectivity index (χ2v) is 4.00. The summed E-state index contributed by atoms with van der Waals surface area (Å²) in [7, 11) is 0. The molecule has 0 spiro atoms. The zero-order valence-electron chi connectivity index (χ0n) is 9.84. The van der Waals surface area contributed by atoms with Crippen LogP contribution in [0.4, 0.5) is 0 Å². The Balaban J connectivity index is 2.24. The van der Waals surface area contributed by atoms with Crippen molar-refractivity contribution < 1.29 is 13.9 Å². The van der Waals surface area contributed by atoms with E-state index in [1.54, 1.807) is 30.3 Å². The summed E-state index contributed by atoms with van der Waals surface area (Å²) >= 11 is 0. The molecule has 0 radical (unpaired) electrons. The van der Waals surface area contributed by atoms with Crippen LogP contribution in [0.5, 0.6) is 5.75 Å². The molecule has 0 saturated heterocycles. The van der Waals surface area contributed by atoms with E-state index in [0.717, 1.165) is 0 Å². The Bertz CT molecular complexity index is 498. The molecule has 17 heavy (non-hydrogen) atoms. The average Bonchev–Trinajstić information content (AvgIpc) is 2.81. The molecule has 0 amide bonds. The molecule has 88 valence electrons. The predicted molar refractivity (Wildman–Crippen MR) is 64.3 cm³/mol. The second-order valence-electron chi connectivity index (χ2n) is 4.00. The van der Waals surface area contributed by atoms with E-state index in [0.29, 0.717) is 17.1 Å². The van der Waals surface area contributed by atoms with Crippen molar-refractivity contribution in [3.63, 3.8) is 0 Å². The quantitative estimate of drug-likeness (QED) is 0.756. The first-order valence-electron chi connectivity index (χ1n) is 5.52. The molecule has 1 aromatic carbocycles. The Labute approximate surface area is 100 Å². The molecule has 1 aromatic heterocycles. The molecular formula is C14H14O3. The molecule has 3 nitrogen and oxygen atoms in total. The Morgan fingerprint density at radius 1 is 1.24 bits per heavy atom. The molecule has 2 aromatic rings. The number of furan rings is 1. The van der Waals surface area contributed by atoms with Crippen LogP contribution < -0.4 is 4.74 Å². The van der Waals surface area contributed by atoms with Crippen molar-refractivity contribution in [3.8, 4) is 5.75 Å². The van der Waals surface area contributed by atoms with Crippen molar-refractivity contribution in [2.75, 3.05) is 0 Å². The maximum atomic E-state index is 12.0. The minimum atomic E-state index is -0.135. The Morgan fingerprint density at radius 3 is 2.71 bits per heavy atom. The van der Waals surface area contributed by atoms with Crippen LogP contribution in [0.2, 0.25) is 0 Å².